The third-order valence-corrected chi connectivity index (χ3v) is 6.26. The van der Waals surface area contributed by atoms with Gasteiger partial charge in [0.2, 0.25) is 5.91 Å². The number of carbonyl (C=O) groups is 2. The van der Waals surface area contributed by atoms with Crippen LogP contribution in [0.1, 0.15) is 16.1 Å². The third-order valence-electron chi connectivity index (χ3n) is 4.87. The van der Waals surface area contributed by atoms with Crippen molar-refractivity contribution in [3.05, 3.63) is 108 Å². The highest BCUT2D eigenvalue weighted by atomic mass is 32.2. The molecule has 0 atom stereocenters. The highest BCUT2D eigenvalue weighted by Gasteiger charge is 2.14. The molecule has 3 aromatic carbocycles. The Hall–Kier alpha value is -4.44. The minimum absolute atomic E-state index is 0.0612. The van der Waals surface area contributed by atoms with Gasteiger partial charge in [0.05, 0.1) is 17.6 Å². The van der Waals surface area contributed by atoms with Gasteiger partial charge in [0.25, 0.3) is 15.9 Å². The molecule has 0 saturated heterocycles. The first-order chi connectivity index (χ1) is 16.8. The van der Waals surface area contributed by atoms with E-state index in [0.29, 0.717) is 22.6 Å². The molecule has 0 unspecified atom stereocenters. The van der Waals surface area contributed by atoms with E-state index in [0.717, 1.165) is 12.1 Å². The van der Waals surface area contributed by atoms with Crippen molar-refractivity contribution < 1.29 is 26.8 Å². The van der Waals surface area contributed by atoms with Gasteiger partial charge < -0.3 is 15.1 Å². The van der Waals surface area contributed by atoms with Gasteiger partial charge in [-0.25, -0.2) is 12.8 Å². The van der Waals surface area contributed by atoms with E-state index < -0.39 is 15.8 Å². The van der Waals surface area contributed by atoms with Crippen molar-refractivity contribution in [2.45, 2.75) is 11.3 Å². The first-order valence-corrected chi connectivity index (χ1v) is 11.9. The fraction of sp³-hybridized carbons (Fsp3) is 0.0400. The standard InChI is InChI=1S/C25H20FN3O5S/c26-18-5-13-22(14-6-18)35(32,33)29-21-7-3-17(4-8-21)16-24(30)27-19-9-11-20(12-10-19)28-25(31)23-2-1-15-34-23/h1-15,29H,16H2,(H,27,30)(H,28,31). The van der Waals surface area contributed by atoms with Crippen LogP contribution in [0.15, 0.2) is 101 Å². The van der Waals surface area contributed by atoms with Crippen LogP contribution in [-0.2, 0) is 21.2 Å². The second-order valence-electron chi connectivity index (χ2n) is 7.49. The molecule has 3 N–H and O–H groups in total. The molecule has 0 saturated carbocycles. The molecule has 0 aliphatic carbocycles. The van der Waals surface area contributed by atoms with Crippen LogP contribution in [0.3, 0.4) is 0 Å². The highest BCUT2D eigenvalue weighted by Crippen LogP contribution is 2.18. The number of sulfonamides is 1. The maximum atomic E-state index is 13.0. The van der Waals surface area contributed by atoms with Crippen molar-refractivity contribution in [3.63, 3.8) is 0 Å². The van der Waals surface area contributed by atoms with Crippen molar-refractivity contribution in [1.82, 2.24) is 0 Å². The fourth-order valence-corrected chi connectivity index (χ4v) is 4.21. The van der Waals surface area contributed by atoms with Gasteiger partial charge in [-0.2, -0.15) is 0 Å². The Morgan fingerprint density at radius 3 is 1.97 bits per heavy atom. The van der Waals surface area contributed by atoms with Crippen LogP contribution < -0.4 is 15.4 Å². The lowest BCUT2D eigenvalue weighted by Gasteiger charge is -2.10. The minimum atomic E-state index is -3.86. The Morgan fingerprint density at radius 1 is 0.771 bits per heavy atom. The average Bonchev–Trinajstić information content (AvgIpc) is 3.37. The van der Waals surface area contributed by atoms with Crippen molar-refractivity contribution in [3.8, 4) is 0 Å². The molecule has 1 heterocycles. The summed E-state index contributed by atoms with van der Waals surface area (Å²) in [5, 5.41) is 5.45. The zero-order valence-corrected chi connectivity index (χ0v) is 19.0. The van der Waals surface area contributed by atoms with E-state index in [-0.39, 0.29) is 28.9 Å². The summed E-state index contributed by atoms with van der Waals surface area (Å²) in [7, 11) is -3.86. The van der Waals surface area contributed by atoms with E-state index in [1.54, 1.807) is 60.7 Å². The van der Waals surface area contributed by atoms with Crippen LogP contribution in [-0.4, -0.2) is 20.2 Å². The lowest BCUT2D eigenvalue weighted by atomic mass is 10.1. The maximum absolute atomic E-state index is 13.0. The van der Waals surface area contributed by atoms with E-state index >= 15 is 0 Å². The Kier molecular flexibility index (Phi) is 6.93. The smallest absolute Gasteiger partial charge is 0.291 e. The number of hydrogen-bond donors (Lipinski definition) is 3. The van der Waals surface area contributed by atoms with Crippen molar-refractivity contribution in [2.24, 2.45) is 0 Å². The fourth-order valence-electron chi connectivity index (χ4n) is 3.15. The number of furan rings is 1. The predicted molar refractivity (Wildman–Crippen MR) is 129 cm³/mol. The molecular formula is C25H20FN3O5S. The maximum Gasteiger partial charge on any atom is 0.291 e. The highest BCUT2D eigenvalue weighted by molar-refractivity contribution is 7.92. The van der Waals surface area contributed by atoms with Crippen molar-refractivity contribution in [1.29, 1.82) is 0 Å². The first-order valence-electron chi connectivity index (χ1n) is 10.4. The van der Waals surface area contributed by atoms with Crippen LogP contribution in [0.25, 0.3) is 0 Å². The Labute approximate surface area is 200 Å². The number of anilines is 3. The lowest BCUT2D eigenvalue weighted by Crippen LogP contribution is -2.15. The molecule has 0 spiro atoms. The summed E-state index contributed by atoms with van der Waals surface area (Å²) in [5.74, 6) is -0.983. The zero-order valence-electron chi connectivity index (χ0n) is 18.2. The summed E-state index contributed by atoms with van der Waals surface area (Å²) in [6.07, 6.45) is 1.48. The van der Waals surface area contributed by atoms with Crippen LogP contribution in [0.5, 0.6) is 0 Å². The summed E-state index contributed by atoms with van der Waals surface area (Å²) in [5.41, 5.74) is 2.08. The van der Waals surface area contributed by atoms with Crippen molar-refractivity contribution in [2.75, 3.05) is 15.4 Å². The summed E-state index contributed by atoms with van der Waals surface area (Å²) in [4.78, 5) is 24.3. The molecule has 2 amide bonds. The zero-order chi connectivity index (χ0) is 24.8. The van der Waals surface area contributed by atoms with Gasteiger partial charge in [0.1, 0.15) is 5.82 Å². The number of carbonyl (C=O) groups excluding carboxylic acids is 2. The molecule has 0 aliphatic rings. The monoisotopic (exact) mass is 493 g/mol. The number of halogens is 1. The summed E-state index contributed by atoms with van der Waals surface area (Å²) < 4.78 is 45.3. The molecule has 8 nitrogen and oxygen atoms in total. The first kappa shape index (κ1) is 23.7. The van der Waals surface area contributed by atoms with Gasteiger partial charge in [-0.1, -0.05) is 12.1 Å². The summed E-state index contributed by atoms with van der Waals surface area (Å²) >= 11 is 0. The topological polar surface area (TPSA) is 118 Å². The van der Waals surface area contributed by atoms with Gasteiger partial charge in [-0.05, 0) is 78.4 Å². The normalized spacial score (nSPS) is 11.0. The number of rotatable bonds is 8. The summed E-state index contributed by atoms with van der Waals surface area (Å²) in [6, 6.07) is 20.6. The van der Waals surface area contributed by atoms with Gasteiger partial charge in [0.15, 0.2) is 5.76 Å². The number of nitrogens with one attached hydrogen (secondary N) is 3. The van der Waals surface area contributed by atoms with E-state index in [1.807, 2.05) is 0 Å². The van der Waals surface area contributed by atoms with Gasteiger partial charge in [0, 0.05) is 17.1 Å². The molecule has 4 aromatic rings. The molecule has 0 aliphatic heterocycles. The van der Waals surface area contributed by atoms with E-state index in [1.165, 1.54) is 18.4 Å². The number of hydrogen-bond acceptors (Lipinski definition) is 5. The van der Waals surface area contributed by atoms with E-state index in [9.17, 15) is 22.4 Å². The molecule has 0 radical (unpaired) electrons. The second-order valence-corrected chi connectivity index (χ2v) is 9.17. The van der Waals surface area contributed by atoms with Gasteiger partial charge >= 0.3 is 0 Å². The SMILES string of the molecule is O=C(Cc1ccc(NS(=O)(=O)c2ccc(F)cc2)cc1)Nc1ccc(NC(=O)c2ccco2)cc1. The van der Waals surface area contributed by atoms with E-state index in [2.05, 4.69) is 15.4 Å². The molecule has 35 heavy (non-hydrogen) atoms. The van der Waals surface area contributed by atoms with Gasteiger partial charge in [-0.15, -0.1) is 0 Å². The quantitative estimate of drug-likeness (QED) is 0.330. The third kappa shape index (κ3) is 6.33. The van der Waals surface area contributed by atoms with Crippen LogP contribution in [0.4, 0.5) is 21.5 Å². The van der Waals surface area contributed by atoms with Gasteiger partial charge in [-0.3, -0.25) is 14.3 Å². The Bertz CT molecular complexity index is 1420. The van der Waals surface area contributed by atoms with Crippen LogP contribution in [0, 0.1) is 5.82 Å². The minimum Gasteiger partial charge on any atom is -0.459 e. The summed E-state index contributed by atoms with van der Waals surface area (Å²) in [6.45, 7) is 0. The molecule has 178 valence electrons. The molecule has 10 heteroatoms. The number of benzene rings is 3. The molecule has 0 bridgehead atoms. The molecular weight excluding hydrogens is 473 g/mol. The Balaban J connectivity index is 1.30. The second kappa shape index (κ2) is 10.2. The Morgan fingerprint density at radius 2 is 1.37 bits per heavy atom. The lowest BCUT2D eigenvalue weighted by molar-refractivity contribution is -0.115. The van der Waals surface area contributed by atoms with Crippen molar-refractivity contribution >= 4 is 38.9 Å². The van der Waals surface area contributed by atoms with E-state index in [4.69, 9.17) is 4.42 Å². The number of amides is 2. The molecule has 4 rings (SSSR count). The largest absolute Gasteiger partial charge is 0.459 e. The molecule has 0 fully saturated rings. The molecule has 1 aromatic heterocycles. The average molecular weight is 494 g/mol. The van der Waals surface area contributed by atoms with Crippen LogP contribution in [0.2, 0.25) is 0 Å². The predicted octanol–water partition coefficient (Wildman–Crippen LogP) is 4.65. The van der Waals surface area contributed by atoms with Crippen LogP contribution >= 0.6 is 0 Å².